The zero-order valence-electron chi connectivity index (χ0n) is 12.7. The normalized spacial score (nSPS) is 37.6. The van der Waals surface area contributed by atoms with Gasteiger partial charge in [-0.2, -0.15) is 11.8 Å². The van der Waals surface area contributed by atoms with Gasteiger partial charge in [-0.1, -0.05) is 44.2 Å². The first-order valence-electron chi connectivity index (χ1n) is 7.56. The molecule has 3 nitrogen and oxygen atoms in total. The maximum atomic E-state index is 12.2. The van der Waals surface area contributed by atoms with E-state index in [0.29, 0.717) is 29.4 Å². The molecule has 2 aliphatic heterocycles. The molecule has 3 rings (SSSR count). The van der Waals surface area contributed by atoms with Gasteiger partial charge in [0.2, 0.25) is 0 Å². The van der Waals surface area contributed by atoms with Gasteiger partial charge in [0.15, 0.2) is 0 Å². The highest BCUT2D eigenvalue weighted by atomic mass is 32.2. The molecule has 1 aromatic rings. The minimum absolute atomic E-state index is 0.159. The molecule has 1 aromatic carbocycles. The number of hydrogen-bond donors (Lipinski definition) is 0. The first-order chi connectivity index (χ1) is 10.0. The minimum atomic E-state index is -0.345. The molecule has 0 spiro atoms. The summed E-state index contributed by atoms with van der Waals surface area (Å²) in [6.07, 6.45) is 0.357. The van der Waals surface area contributed by atoms with Crippen molar-refractivity contribution in [2.45, 2.75) is 49.0 Å². The third kappa shape index (κ3) is 2.62. The standard InChI is InChI=1S/C16H21BO3S/c1-10-14-15(17)20-16(10,11(2)21-14)8-13(18)19-9-12-6-4-3-5-7-12/h3-7,10-11,14-15H,8-9,17H2,1-2H3/t10?,11?,14?,15-,16-/m1/s1. The van der Waals surface area contributed by atoms with Gasteiger partial charge in [-0.15, -0.1) is 0 Å². The van der Waals surface area contributed by atoms with Crippen molar-refractivity contribution >= 4 is 25.6 Å². The van der Waals surface area contributed by atoms with Crippen LogP contribution in [0.4, 0.5) is 0 Å². The maximum absolute atomic E-state index is 12.2. The Morgan fingerprint density at radius 3 is 2.71 bits per heavy atom. The zero-order valence-corrected chi connectivity index (χ0v) is 13.6. The van der Waals surface area contributed by atoms with Crippen LogP contribution >= 0.6 is 11.8 Å². The molecule has 2 aliphatic rings. The maximum Gasteiger partial charge on any atom is 0.309 e. The van der Waals surface area contributed by atoms with Gasteiger partial charge in [0.05, 0.1) is 12.0 Å². The number of carbonyl (C=O) groups is 1. The minimum Gasteiger partial charge on any atom is -0.461 e. The highest BCUT2D eigenvalue weighted by molar-refractivity contribution is 8.01. The predicted molar refractivity (Wildman–Crippen MR) is 87.0 cm³/mol. The number of benzene rings is 1. The molecule has 0 radical (unpaired) electrons. The lowest BCUT2D eigenvalue weighted by Crippen LogP contribution is -2.44. The number of fused-ring (bicyclic) bond motifs is 2. The molecular formula is C16H21BO3S. The van der Waals surface area contributed by atoms with Crippen LogP contribution < -0.4 is 0 Å². The quantitative estimate of drug-likeness (QED) is 0.629. The van der Waals surface area contributed by atoms with E-state index in [4.69, 9.17) is 9.47 Å². The van der Waals surface area contributed by atoms with E-state index in [1.165, 1.54) is 0 Å². The first-order valence-corrected chi connectivity index (χ1v) is 8.50. The van der Waals surface area contributed by atoms with Crippen LogP contribution in [0.3, 0.4) is 0 Å². The van der Waals surface area contributed by atoms with E-state index >= 15 is 0 Å². The monoisotopic (exact) mass is 304 g/mol. The van der Waals surface area contributed by atoms with Crippen molar-refractivity contribution in [1.82, 2.24) is 0 Å². The van der Waals surface area contributed by atoms with Crippen LogP contribution in [0.15, 0.2) is 30.3 Å². The van der Waals surface area contributed by atoms with E-state index in [2.05, 4.69) is 21.7 Å². The van der Waals surface area contributed by atoms with Crippen molar-refractivity contribution in [1.29, 1.82) is 0 Å². The zero-order chi connectivity index (χ0) is 15.0. The van der Waals surface area contributed by atoms with Crippen molar-refractivity contribution in [2.75, 3.05) is 0 Å². The van der Waals surface area contributed by atoms with Crippen LogP contribution in [-0.4, -0.2) is 35.9 Å². The number of carbonyl (C=O) groups excluding carboxylic acids is 1. The second kappa shape index (κ2) is 5.69. The Kier molecular flexibility index (Phi) is 4.06. The molecule has 0 aromatic heterocycles. The Morgan fingerprint density at radius 1 is 1.38 bits per heavy atom. The Labute approximate surface area is 131 Å². The lowest BCUT2D eigenvalue weighted by Gasteiger charge is -2.35. The lowest BCUT2D eigenvalue weighted by molar-refractivity contribution is -0.153. The molecule has 0 N–H and O–H groups in total. The largest absolute Gasteiger partial charge is 0.461 e. The molecule has 2 fully saturated rings. The van der Waals surface area contributed by atoms with Gasteiger partial charge >= 0.3 is 5.97 Å². The summed E-state index contributed by atoms with van der Waals surface area (Å²) in [6.45, 7) is 4.71. The molecule has 112 valence electrons. The number of hydrogen-bond acceptors (Lipinski definition) is 4. The average Bonchev–Trinajstić information content (AvgIpc) is 2.84. The summed E-state index contributed by atoms with van der Waals surface area (Å²) in [6, 6.07) is 10.0. The molecule has 21 heavy (non-hydrogen) atoms. The Hall–Kier alpha value is -0.935. The van der Waals surface area contributed by atoms with Crippen LogP contribution in [0.25, 0.3) is 0 Å². The third-order valence-corrected chi connectivity index (χ3v) is 6.76. The first kappa shape index (κ1) is 15.0. The summed E-state index contributed by atoms with van der Waals surface area (Å²) in [5.74, 6) is 0.240. The van der Waals surface area contributed by atoms with E-state index in [1.54, 1.807) is 0 Å². The van der Waals surface area contributed by atoms with E-state index in [0.717, 1.165) is 5.56 Å². The van der Waals surface area contributed by atoms with E-state index < -0.39 is 0 Å². The second-order valence-corrected chi connectivity index (χ2v) is 7.66. The summed E-state index contributed by atoms with van der Waals surface area (Å²) >= 11 is 1.95. The van der Waals surface area contributed by atoms with Gasteiger partial charge in [0.25, 0.3) is 0 Å². The third-order valence-electron chi connectivity index (χ3n) is 4.84. The van der Waals surface area contributed by atoms with Crippen LogP contribution in [0.1, 0.15) is 25.8 Å². The fourth-order valence-electron chi connectivity index (χ4n) is 3.61. The van der Waals surface area contributed by atoms with E-state index in [-0.39, 0.29) is 17.6 Å². The molecule has 5 atom stereocenters. The van der Waals surface area contributed by atoms with Crippen LogP contribution in [0.5, 0.6) is 0 Å². The second-order valence-electron chi connectivity index (χ2n) is 6.13. The van der Waals surface area contributed by atoms with Crippen molar-refractivity contribution in [2.24, 2.45) is 5.92 Å². The fraction of sp³-hybridized carbons (Fsp3) is 0.562. The average molecular weight is 304 g/mol. The van der Waals surface area contributed by atoms with E-state index in [1.807, 2.05) is 42.1 Å². The van der Waals surface area contributed by atoms with E-state index in [9.17, 15) is 4.79 Å². The van der Waals surface area contributed by atoms with Crippen LogP contribution in [-0.2, 0) is 20.9 Å². The smallest absolute Gasteiger partial charge is 0.309 e. The van der Waals surface area contributed by atoms with Crippen molar-refractivity contribution in [3.05, 3.63) is 35.9 Å². The molecule has 0 saturated carbocycles. The Balaban J connectivity index is 1.62. The Morgan fingerprint density at radius 2 is 2.10 bits per heavy atom. The predicted octanol–water partition coefficient (Wildman–Crippen LogP) is 1.99. The molecule has 2 saturated heterocycles. The fourth-order valence-corrected chi connectivity index (χ4v) is 5.41. The molecule has 3 unspecified atom stereocenters. The highest BCUT2D eigenvalue weighted by Crippen LogP contribution is 2.56. The summed E-state index contributed by atoms with van der Waals surface area (Å²) < 4.78 is 11.6. The van der Waals surface area contributed by atoms with Gasteiger partial charge in [-0.3, -0.25) is 4.79 Å². The summed E-state index contributed by atoms with van der Waals surface area (Å²) in [5, 5.41) is 0.847. The Bertz CT molecular complexity index is 524. The SMILES string of the molecule is B[C@@H]1O[C@@]2(CC(=O)OCc3ccccc3)C(C)SC1C2C. The highest BCUT2D eigenvalue weighted by Gasteiger charge is 2.61. The van der Waals surface area contributed by atoms with Gasteiger partial charge in [-0.25, -0.2) is 0 Å². The molecule has 2 heterocycles. The molecular weight excluding hydrogens is 283 g/mol. The summed E-state index contributed by atoms with van der Waals surface area (Å²) in [5.41, 5.74) is 0.673. The van der Waals surface area contributed by atoms with Crippen molar-refractivity contribution < 1.29 is 14.3 Å². The number of thioether (sulfide) groups is 1. The van der Waals surface area contributed by atoms with Gasteiger partial charge in [0.1, 0.15) is 14.5 Å². The molecule has 2 bridgehead atoms. The van der Waals surface area contributed by atoms with Crippen molar-refractivity contribution in [3.63, 3.8) is 0 Å². The molecule has 0 amide bonds. The van der Waals surface area contributed by atoms with Crippen LogP contribution in [0, 0.1) is 5.92 Å². The summed E-state index contributed by atoms with van der Waals surface area (Å²) in [4.78, 5) is 12.2. The molecule has 0 aliphatic carbocycles. The number of ether oxygens (including phenoxy) is 2. The van der Waals surface area contributed by atoms with Crippen LogP contribution in [0.2, 0.25) is 0 Å². The number of rotatable bonds is 4. The lowest BCUT2D eigenvalue weighted by atomic mass is 9.82. The number of esters is 1. The van der Waals surface area contributed by atoms with Gasteiger partial charge in [-0.05, 0) is 5.56 Å². The topological polar surface area (TPSA) is 35.5 Å². The van der Waals surface area contributed by atoms with Gasteiger partial charge < -0.3 is 9.47 Å². The van der Waals surface area contributed by atoms with Crippen molar-refractivity contribution in [3.8, 4) is 0 Å². The molecule has 5 heteroatoms. The summed E-state index contributed by atoms with van der Waals surface area (Å²) in [7, 11) is 2.11. The van der Waals surface area contributed by atoms with Gasteiger partial charge in [0, 0.05) is 22.4 Å².